The number of anilines is 2. The maximum Gasteiger partial charge on any atom is 0.416 e. The van der Waals surface area contributed by atoms with E-state index in [1.54, 1.807) is 50.5 Å². The fraction of sp³-hybridized carbons (Fsp3) is 0.370. The normalized spacial score (nSPS) is 13.5. The molecule has 0 aliphatic rings. The van der Waals surface area contributed by atoms with Crippen LogP contribution in [0.25, 0.3) is 0 Å². The largest absolute Gasteiger partial charge is 0.463 e. The number of ether oxygens (including phenoxy) is 1. The van der Waals surface area contributed by atoms with E-state index in [1.807, 2.05) is 0 Å². The van der Waals surface area contributed by atoms with E-state index in [0.717, 1.165) is 12.1 Å². The number of aromatic nitrogens is 1. The van der Waals surface area contributed by atoms with Gasteiger partial charge in [-0.1, -0.05) is 24.3 Å². The Hall–Kier alpha value is -3.71. The molecule has 1 heterocycles. The maximum atomic E-state index is 13.4. The number of hydrogen-bond acceptors (Lipinski definition) is 8. The molecular weight excluding hydrogens is 547 g/mol. The number of rotatable bonds is 8. The van der Waals surface area contributed by atoms with Crippen molar-refractivity contribution in [3.63, 3.8) is 0 Å². The summed E-state index contributed by atoms with van der Waals surface area (Å²) in [5.41, 5.74) is 5.03. The molecule has 1 aromatic heterocycles. The number of carbonyl (C=O) groups excluding carboxylic acids is 2. The number of hydrogen-bond donors (Lipinski definition) is 4. The van der Waals surface area contributed by atoms with E-state index < -0.39 is 33.9 Å². The SMILES string of the molecule is Cc1coc(=N)n1Cc1cccc(N)c1NC(=O)SNC(C)(COC(=O)C(C)(C)C)c1cccc(C(F)(F)F)c1. The molecule has 0 radical (unpaired) electrons. The molecule has 1 amide bonds. The van der Waals surface area contributed by atoms with Gasteiger partial charge >= 0.3 is 12.1 Å². The van der Waals surface area contributed by atoms with Gasteiger partial charge in [-0.05, 0) is 63.9 Å². The molecule has 0 bridgehead atoms. The Kier molecular flexibility index (Phi) is 9.10. The number of alkyl halides is 3. The second-order valence-electron chi connectivity index (χ2n) is 10.5. The molecule has 3 aromatic rings. The molecule has 0 spiro atoms. The van der Waals surface area contributed by atoms with Crippen LogP contribution < -0.4 is 21.5 Å². The Morgan fingerprint density at radius 2 is 1.75 bits per heavy atom. The molecule has 0 saturated carbocycles. The molecular formula is C27H32F3N5O4S. The minimum Gasteiger partial charge on any atom is -0.463 e. The summed E-state index contributed by atoms with van der Waals surface area (Å²) in [6, 6.07) is 9.65. The van der Waals surface area contributed by atoms with Crippen LogP contribution in [0.15, 0.2) is 53.1 Å². The van der Waals surface area contributed by atoms with Crippen molar-refractivity contribution in [2.75, 3.05) is 17.7 Å². The molecule has 13 heteroatoms. The number of halogens is 3. The maximum absolute atomic E-state index is 13.4. The van der Waals surface area contributed by atoms with Crippen molar-refractivity contribution in [3.05, 3.63) is 76.8 Å². The van der Waals surface area contributed by atoms with Gasteiger partial charge in [0.25, 0.3) is 10.9 Å². The smallest absolute Gasteiger partial charge is 0.416 e. The van der Waals surface area contributed by atoms with Crippen LogP contribution in [-0.2, 0) is 27.8 Å². The van der Waals surface area contributed by atoms with Crippen LogP contribution in [0.4, 0.5) is 29.3 Å². The lowest BCUT2D eigenvalue weighted by atomic mass is 9.92. The highest BCUT2D eigenvalue weighted by molar-refractivity contribution is 8.12. The Morgan fingerprint density at radius 3 is 2.35 bits per heavy atom. The third kappa shape index (κ3) is 7.48. The zero-order valence-corrected chi connectivity index (χ0v) is 23.5. The highest BCUT2D eigenvalue weighted by Crippen LogP contribution is 2.34. The Labute approximate surface area is 233 Å². The first-order chi connectivity index (χ1) is 18.5. The van der Waals surface area contributed by atoms with Crippen molar-refractivity contribution >= 4 is 34.5 Å². The molecule has 0 fully saturated rings. The highest BCUT2D eigenvalue weighted by Gasteiger charge is 2.36. The Morgan fingerprint density at radius 1 is 1.10 bits per heavy atom. The number of oxazole rings is 1. The van der Waals surface area contributed by atoms with Gasteiger partial charge < -0.3 is 20.2 Å². The fourth-order valence-corrected chi connectivity index (χ4v) is 4.27. The quantitative estimate of drug-likeness (QED) is 0.151. The van der Waals surface area contributed by atoms with Gasteiger partial charge in [0.05, 0.1) is 40.1 Å². The van der Waals surface area contributed by atoms with Gasteiger partial charge in [0.1, 0.15) is 12.9 Å². The van der Waals surface area contributed by atoms with Gasteiger partial charge in [0.15, 0.2) is 0 Å². The standard InChI is InChI=1S/C27H32F3N5O4S/c1-16-14-38-23(32)35(16)13-17-8-6-11-20(31)21(17)33-24(37)40-34-26(5,15-39-22(36)25(2,3)4)18-9-7-10-19(12-18)27(28,29)30/h6-12,14,32,34H,13,15,31H2,1-5H3,(H,33,37). The lowest BCUT2D eigenvalue weighted by molar-refractivity contribution is -0.155. The molecule has 40 heavy (non-hydrogen) atoms. The first-order valence-corrected chi connectivity index (χ1v) is 13.0. The van der Waals surface area contributed by atoms with Crippen LogP contribution >= 0.6 is 11.9 Å². The van der Waals surface area contributed by atoms with Gasteiger partial charge in [-0.25, -0.2) is 4.72 Å². The third-order valence-corrected chi connectivity index (χ3v) is 6.89. The summed E-state index contributed by atoms with van der Waals surface area (Å²) in [5, 5.41) is 10.1. The van der Waals surface area contributed by atoms with E-state index in [1.165, 1.54) is 25.3 Å². The van der Waals surface area contributed by atoms with Crippen LogP contribution in [0.1, 0.15) is 50.1 Å². The van der Waals surface area contributed by atoms with Gasteiger partial charge in [-0.3, -0.25) is 19.6 Å². The number of nitrogens with two attached hydrogens (primary N) is 1. The summed E-state index contributed by atoms with van der Waals surface area (Å²) in [5.74, 6) is -0.551. The number of nitrogens with zero attached hydrogens (tertiary/aromatic N) is 1. The summed E-state index contributed by atoms with van der Waals surface area (Å²) in [7, 11) is 0. The number of nitrogens with one attached hydrogen (secondary N) is 3. The summed E-state index contributed by atoms with van der Waals surface area (Å²) in [4.78, 5) is 25.5. The summed E-state index contributed by atoms with van der Waals surface area (Å²) >= 11 is 0.587. The second-order valence-corrected chi connectivity index (χ2v) is 11.3. The first-order valence-electron chi connectivity index (χ1n) is 12.2. The first kappa shape index (κ1) is 30.8. The predicted molar refractivity (Wildman–Crippen MR) is 146 cm³/mol. The van der Waals surface area contributed by atoms with Gasteiger partial charge in [-0.2, -0.15) is 13.2 Å². The zero-order valence-electron chi connectivity index (χ0n) is 22.7. The molecule has 3 rings (SSSR count). The summed E-state index contributed by atoms with van der Waals surface area (Å²) in [6.45, 7) is 8.13. The molecule has 1 atom stereocenters. The molecule has 9 nitrogen and oxygen atoms in total. The van der Waals surface area contributed by atoms with Crippen LogP contribution in [0.2, 0.25) is 0 Å². The molecule has 5 N–H and O–H groups in total. The van der Waals surface area contributed by atoms with E-state index in [9.17, 15) is 22.8 Å². The number of nitrogen functional groups attached to an aromatic ring is 1. The molecule has 2 aromatic carbocycles. The molecule has 1 unspecified atom stereocenters. The van der Waals surface area contributed by atoms with Crippen LogP contribution in [-0.4, -0.2) is 22.4 Å². The van der Waals surface area contributed by atoms with Crippen molar-refractivity contribution in [1.82, 2.24) is 9.29 Å². The van der Waals surface area contributed by atoms with Crippen molar-refractivity contribution in [3.8, 4) is 0 Å². The van der Waals surface area contributed by atoms with E-state index in [4.69, 9.17) is 20.3 Å². The average molecular weight is 580 g/mol. The van der Waals surface area contributed by atoms with E-state index in [2.05, 4.69) is 10.0 Å². The van der Waals surface area contributed by atoms with Crippen molar-refractivity contribution in [2.45, 2.75) is 52.9 Å². The second kappa shape index (κ2) is 11.8. The van der Waals surface area contributed by atoms with Crippen LogP contribution in [0.5, 0.6) is 0 Å². The topological polar surface area (TPSA) is 135 Å². The van der Waals surface area contributed by atoms with Gasteiger partial charge in [-0.15, -0.1) is 0 Å². The predicted octanol–water partition coefficient (Wildman–Crippen LogP) is 5.79. The van der Waals surface area contributed by atoms with Gasteiger partial charge in [0.2, 0.25) is 0 Å². The van der Waals surface area contributed by atoms with E-state index in [-0.39, 0.29) is 30.1 Å². The number of aryl methyl sites for hydroxylation is 1. The number of benzene rings is 2. The number of esters is 1. The molecule has 0 aliphatic carbocycles. The Bertz CT molecular complexity index is 1440. The fourth-order valence-electron chi connectivity index (χ4n) is 3.62. The molecule has 0 saturated heterocycles. The third-order valence-electron chi connectivity index (χ3n) is 6.05. The lowest BCUT2D eigenvalue weighted by Gasteiger charge is -2.32. The summed E-state index contributed by atoms with van der Waals surface area (Å²) < 4.78 is 55.4. The molecule has 216 valence electrons. The average Bonchev–Trinajstić information content (AvgIpc) is 3.19. The van der Waals surface area contributed by atoms with E-state index in [0.29, 0.717) is 28.9 Å². The minimum absolute atomic E-state index is 0.0742. The number of para-hydroxylation sites is 1. The van der Waals surface area contributed by atoms with Crippen molar-refractivity contribution < 1.29 is 31.9 Å². The van der Waals surface area contributed by atoms with E-state index >= 15 is 0 Å². The highest BCUT2D eigenvalue weighted by atomic mass is 32.2. The molecule has 0 aliphatic heterocycles. The monoisotopic (exact) mass is 579 g/mol. The van der Waals surface area contributed by atoms with Gasteiger partial charge in [0, 0.05) is 11.9 Å². The van der Waals surface area contributed by atoms with Crippen molar-refractivity contribution in [1.29, 1.82) is 5.41 Å². The minimum atomic E-state index is -4.59. The van der Waals surface area contributed by atoms with Crippen LogP contribution in [0.3, 0.4) is 0 Å². The van der Waals surface area contributed by atoms with Crippen LogP contribution in [0, 0.1) is 17.7 Å². The number of amides is 1. The lowest BCUT2D eigenvalue weighted by Crippen LogP contribution is -2.43. The Balaban J connectivity index is 1.84. The number of carbonyl (C=O) groups is 2. The zero-order chi connectivity index (χ0) is 29.9. The summed E-state index contributed by atoms with van der Waals surface area (Å²) in [6.07, 6.45) is -3.15. The van der Waals surface area contributed by atoms with Crippen molar-refractivity contribution in [2.24, 2.45) is 5.41 Å².